The summed E-state index contributed by atoms with van der Waals surface area (Å²) in [4.78, 5) is 0. The minimum atomic E-state index is -2.49. The van der Waals surface area contributed by atoms with Crippen LogP contribution >= 0.6 is 12.4 Å². The lowest BCUT2D eigenvalue weighted by Crippen LogP contribution is -2.10. The average Bonchev–Trinajstić information content (AvgIpc) is 2.25. The molecule has 0 fully saturated rings. The molecule has 0 amide bonds. The molecule has 0 saturated carbocycles. The van der Waals surface area contributed by atoms with Gasteiger partial charge in [0.25, 0.3) is 6.43 Å². The van der Waals surface area contributed by atoms with Gasteiger partial charge in [-0.05, 0) is 30.2 Å². The van der Waals surface area contributed by atoms with E-state index in [0.717, 1.165) is 11.1 Å². The molecule has 4 N–H and O–H groups in total. The van der Waals surface area contributed by atoms with Gasteiger partial charge in [0, 0.05) is 12.6 Å². The first-order valence-corrected chi connectivity index (χ1v) is 5.03. The first-order chi connectivity index (χ1) is 7.52. The third kappa shape index (κ3) is 5.30. The van der Waals surface area contributed by atoms with E-state index in [-0.39, 0.29) is 18.4 Å². The first-order valence-electron chi connectivity index (χ1n) is 5.03. The molecular formula is C11H17ClF2N2O. The lowest BCUT2D eigenvalue weighted by Gasteiger charge is -2.12. The molecule has 0 bridgehead atoms. The van der Waals surface area contributed by atoms with Crippen molar-refractivity contribution in [1.29, 1.82) is 0 Å². The number of rotatable bonds is 5. The Balaban J connectivity index is 0.00000256. The Hall–Kier alpha value is -0.910. The quantitative estimate of drug-likeness (QED) is 0.859. The van der Waals surface area contributed by atoms with Gasteiger partial charge in [-0.25, -0.2) is 8.78 Å². The van der Waals surface area contributed by atoms with Crippen LogP contribution in [0.25, 0.3) is 0 Å². The number of benzene rings is 1. The second-order valence-electron chi connectivity index (χ2n) is 3.61. The summed E-state index contributed by atoms with van der Waals surface area (Å²) >= 11 is 0. The van der Waals surface area contributed by atoms with Crippen molar-refractivity contribution in [3.05, 3.63) is 29.3 Å². The number of ether oxygens (including phenoxy) is 1. The molecule has 0 aromatic heterocycles. The van der Waals surface area contributed by atoms with Crippen LogP contribution in [0.2, 0.25) is 0 Å². The molecule has 1 aromatic carbocycles. The molecule has 0 aliphatic heterocycles. The summed E-state index contributed by atoms with van der Waals surface area (Å²) in [6, 6.07) is 4.97. The monoisotopic (exact) mass is 266 g/mol. The highest BCUT2D eigenvalue weighted by molar-refractivity contribution is 5.85. The molecule has 3 nitrogen and oxygen atoms in total. The van der Waals surface area contributed by atoms with E-state index in [4.69, 9.17) is 16.2 Å². The Labute approximate surface area is 106 Å². The number of hydrogen-bond acceptors (Lipinski definition) is 3. The molecule has 0 aliphatic rings. The third-order valence-electron chi connectivity index (χ3n) is 2.13. The largest absolute Gasteiger partial charge is 0.488 e. The van der Waals surface area contributed by atoms with Crippen molar-refractivity contribution in [2.45, 2.75) is 25.9 Å². The molecule has 0 spiro atoms. The fourth-order valence-corrected chi connectivity index (χ4v) is 1.31. The van der Waals surface area contributed by atoms with E-state index in [1.54, 1.807) is 12.1 Å². The maximum Gasteiger partial charge on any atom is 0.272 e. The third-order valence-corrected chi connectivity index (χ3v) is 2.13. The van der Waals surface area contributed by atoms with E-state index < -0.39 is 13.0 Å². The number of hydrogen-bond donors (Lipinski definition) is 2. The van der Waals surface area contributed by atoms with Crippen molar-refractivity contribution in [2.24, 2.45) is 11.5 Å². The maximum atomic E-state index is 12.0. The van der Waals surface area contributed by atoms with Gasteiger partial charge in [-0.2, -0.15) is 0 Å². The van der Waals surface area contributed by atoms with Crippen LogP contribution in [0, 0.1) is 0 Å². The van der Waals surface area contributed by atoms with Gasteiger partial charge in [0.05, 0.1) is 0 Å². The fraction of sp³-hybridized carbons (Fsp3) is 0.455. The molecule has 1 rings (SSSR count). The van der Waals surface area contributed by atoms with Crippen LogP contribution in [0.3, 0.4) is 0 Å². The standard InChI is InChI=1S/C11H16F2N2O.ClH/c1-7(15)9-2-8(5-14)3-10(4-9)16-6-11(12)13;/h2-4,7,11H,5-6,14-15H2,1H3;1H. The predicted octanol–water partition coefficient (Wildman–Crippen LogP) is 2.23. The zero-order valence-electron chi connectivity index (χ0n) is 9.53. The molecule has 98 valence electrons. The Bertz CT molecular complexity index is 348. The van der Waals surface area contributed by atoms with Gasteiger partial charge in [0.1, 0.15) is 12.4 Å². The van der Waals surface area contributed by atoms with Gasteiger partial charge in [0.15, 0.2) is 0 Å². The molecule has 0 saturated heterocycles. The highest BCUT2D eigenvalue weighted by Gasteiger charge is 2.07. The molecule has 1 unspecified atom stereocenters. The van der Waals surface area contributed by atoms with Crippen molar-refractivity contribution >= 4 is 12.4 Å². The second-order valence-corrected chi connectivity index (χ2v) is 3.61. The zero-order valence-corrected chi connectivity index (χ0v) is 10.3. The summed E-state index contributed by atoms with van der Waals surface area (Å²) in [5.41, 5.74) is 12.9. The Kier molecular flexibility index (Phi) is 7.03. The smallest absolute Gasteiger partial charge is 0.272 e. The van der Waals surface area contributed by atoms with E-state index in [1.807, 2.05) is 13.0 Å². The Morgan fingerprint density at radius 3 is 2.41 bits per heavy atom. The van der Waals surface area contributed by atoms with E-state index in [9.17, 15) is 8.78 Å². The summed E-state index contributed by atoms with van der Waals surface area (Å²) in [5, 5.41) is 0. The molecule has 0 aliphatic carbocycles. The number of halogens is 3. The van der Waals surface area contributed by atoms with Gasteiger partial charge in [-0.3, -0.25) is 0 Å². The predicted molar refractivity (Wildman–Crippen MR) is 65.7 cm³/mol. The van der Waals surface area contributed by atoms with Gasteiger partial charge in [-0.15, -0.1) is 12.4 Å². The van der Waals surface area contributed by atoms with Gasteiger partial charge < -0.3 is 16.2 Å². The summed E-state index contributed by atoms with van der Waals surface area (Å²) < 4.78 is 28.9. The van der Waals surface area contributed by atoms with Crippen molar-refractivity contribution in [2.75, 3.05) is 6.61 Å². The highest BCUT2D eigenvalue weighted by atomic mass is 35.5. The zero-order chi connectivity index (χ0) is 12.1. The average molecular weight is 267 g/mol. The molecule has 0 heterocycles. The van der Waals surface area contributed by atoms with Crippen molar-refractivity contribution in [3.8, 4) is 5.75 Å². The van der Waals surface area contributed by atoms with Crippen molar-refractivity contribution in [3.63, 3.8) is 0 Å². The van der Waals surface area contributed by atoms with Crippen molar-refractivity contribution in [1.82, 2.24) is 0 Å². The van der Waals surface area contributed by atoms with Crippen molar-refractivity contribution < 1.29 is 13.5 Å². The maximum absolute atomic E-state index is 12.0. The summed E-state index contributed by atoms with van der Waals surface area (Å²) in [5.74, 6) is 0.385. The molecule has 6 heteroatoms. The van der Waals surface area contributed by atoms with Crippen LogP contribution in [-0.2, 0) is 6.54 Å². The molecular weight excluding hydrogens is 250 g/mol. The molecule has 1 atom stereocenters. The molecule has 0 radical (unpaired) electrons. The van der Waals surface area contributed by atoms with E-state index >= 15 is 0 Å². The Morgan fingerprint density at radius 2 is 1.94 bits per heavy atom. The van der Waals surface area contributed by atoms with Crippen LogP contribution in [0.1, 0.15) is 24.1 Å². The second kappa shape index (κ2) is 7.42. The normalized spacial score (nSPS) is 12.1. The lowest BCUT2D eigenvalue weighted by molar-refractivity contribution is 0.0818. The van der Waals surface area contributed by atoms with Crippen LogP contribution in [-0.4, -0.2) is 13.0 Å². The fourth-order valence-electron chi connectivity index (χ4n) is 1.31. The molecule has 17 heavy (non-hydrogen) atoms. The van der Waals surface area contributed by atoms with Gasteiger partial charge in [-0.1, -0.05) is 6.07 Å². The molecule has 1 aromatic rings. The lowest BCUT2D eigenvalue weighted by atomic mass is 10.1. The highest BCUT2D eigenvalue weighted by Crippen LogP contribution is 2.21. The summed E-state index contributed by atoms with van der Waals surface area (Å²) in [6.45, 7) is 1.52. The SMILES string of the molecule is CC(N)c1cc(CN)cc(OCC(F)F)c1.Cl. The number of nitrogens with two attached hydrogens (primary N) is 2. The van der Waals surface area contributed by atoms with E-state index in [1.165, 1.54) is 0 Å². The van der Waals surface area contributed by atoms with Crippen LogP contribution in [0.5, 0.6) is 5.75 Å². The van der Waals surface area contributed by atoms with Gasteiger partial charge >= 0.3 is 0 Å². The van der Waals surface area contributed by atoms with E-state index in [0.29, 0.717) is 12.3 Å². The number of alkyl halides is 2. The minimum Gasteiger partial charge on any atom is -0.488 e. The van der Waals surface area contributed by atoms with Gasteiger partial charge in [0.2, 0.25) is 0 Å². The Morgan fingerprint density at radius 1 is 1.29 bits per heavy atom. The first kappa shape index (κ1) is 16.1. The van der Waals surface area contributed by atoms with Crippen LogP contribution < -0.4 is 16.2 Å². The summed E-state index contributed by atoms with van der Waals surface area (Å²) in [6.07, 6.45) is -2.49. The van der Waals surface area contributed by atoms with Crippen LogP contribution in [0.4, 0.5) is 8.78 Å². The van der Waals surface area contributed by atoms with E-state index in [2.05, 4.69) is 0 Å². The summed E-state index contributed by atoms with van der Waals surface area (Å²) in [7, 11) is 0. The van der Waals surface area contributed by atoms with Crippen LogP contribution in [0.15, 0.2) is 18.2 Å². The minimum absolute atomic E-state index is 0. The topological polar surface area (TPSA) is 61.3 Å².